The Morgan fingerprint density at radius 1 is 1.30 bits per heavy atom. The number of benzene rings is 1. The minimum atomic E-state index is 0.0559. The SMILES string of the molecule is Cc1ccc([C@H]2S[C@H](C)C(=O)N2CCNC(C)C)cc1. The fourth-order valence-corrected chi connectivity index (χ4v) is 3.67. The Labute approximate surface area is 126 Å². The van der Waals surface area contributed by atoms with Crippen LogP contribution < -0.4 is 5.32 Å². The molecule has 0 bridgehead atoms. The van der Waals surface area contributed by atoms with E-state index in [2.05, 4.69) is 50.4 Å². The summed E-state index contributed by atoms with van der Waals surface area (Å²) in [6.45, 7) is 9.96. The lowest BCUT2D eigenvalue weighted by molar-refractivity contribution is -0.129. The third-order valence-corrected chi connectivity index (χ3v) is 4.91. The second-order valence-electron chi connectivity index (χ2n) is 5.68. The molecular formula is C16H24N2OS. The van der Waals surface area contributed by atoms with Gasteiger partial charge in [0.15, 0.2) is 0 Å². The van der Waals surface area contributed by atoms with Gasteiger partial charge in [-0.15, -0.1) is 11.8 Å². The van der Waals surface area contributed by atoms with Crippen LogP contribution in [-0.4, -0.2) is 35.2 Å². The zero-order valence-electron chi connectivity index (χ0n) is 12.7. The Morgan fingerprint density at radius 3 is 2.55 bits per heavy atom. The molecule has 1 aliphatic rings. The summed E-state index contributed by atoms with van der Waals surface area (Å²) in [4.78, 5) is 14.3. The van der Waals surface area contributed by atoms with Crippen molar-refractivity contribution in [1.29, 1.82) is 0 Å². The van der Waals surface area contributed by atoms with E-state index in [1.54, 1.807) is 11.8 Å². The van der Waals surface area contributed by atoms with Crippen LogP contribution in [0.1, 0.15) is 37.3 Å². The van der Waals surface area contributed by atoms with E-state index in [1.165, 1.54) is 11.1 Å². The van der Waals surface area contributed by atoms with Crippen molar-refractivity contribution in [2.24, 2.45) is 0 Å². The van der Waals surface area contributed by atoms with Gasteiger partial charge in [-0.1, -0.05) is 43.7 Å². The quantitative estimate of drug-likeness (QED) is 0.905. The van der Waals surface area contributed by atoms with E-state index in [1.807, 2.05) is 11.8 Å². The fourth-order valence-electron chi connectivity index (χ4n) is 2.36. The normalized spacial score (nSPS) is 22.9. The summed E-state index contributed by atoms with van der Waals surface area (Å²) >= 11 is 1.75. The Morgan fingerprint density at radius 2 is 1.95 bits per heavy atom. The second kappa shape index (κ2) is 6.64. The molecular weight excluding hydrogens is 268 g/mol. The van der Waals surface area contributed by atoms with Crippen molar-refractivity contribution < 1.29 is 4.79 Å². The van der Waals surface area contributed by atoms with Crippen LogP contribution in [-0.2, 0) is 4.79 Å². The van der Waals surface area contributed by atoms with Crippen LogP contribution in [0.15, 0.2) is 24.3 Å². The summed E-state index contributed by atoms with van der Waals surface area (Å²) in [5.74, 6) is 0.256. The summed E-state index contributed by atoms with van der Waals surface area (Å²) in [6, 6.07) is 8.97. The molecule has 1 aliphatic heterocycles. The minimum Gasteiger partial charge on any atom is -0.324 e. The van der Waals surface area contributed by atoms with Gasteiger partial charge in [-0.3, -0.25) is 4.79 Å². The molecule has 1 fully saturated rings. The summed E-state index contributed by atoms with van der Waals surface area (Å²) in [5.41, 5.74) is 2.48. The maximum Gasteiger partial charge on any atom is 0.236 e. The van der Waals surface area contributed by atoms with Gasteiger partial charge in [-0.25, -0.2) is 0 Å². The Balaban J connectivity index is 2.09. The largest absolute Gasteiger partial charge is 0.324 e. The van der Waals surface area contributed by atoms with Gasteiger partial charge in [0, 0.05) is 19.1 Å². The number of nitrogens with one attached hydrogen (secondary N) is 1. The second-order valence-corrected chi connectivity index (χ2v) is 7.11. The molecule has 0 unspecified atom stereocenters. The number of nitrogens with zero attached hydrogens (tertiary/aromatic N) is 1. The van der Waals surface area contributed by atoms with Crippen LogP contribution in [0.4, 0.5) is 0 Å². The standard InChI is InChI=1S/C16H24N2OS/c1-11(2)17-9-10-18-15(19)13(4)20-16(18)14-7-5-12(3)6-8-14/h5-8,11,13,16-17H,9-10H2,1-4H3/t13-,16-/m1/s1. The first kappa shape index (κ1) is 15.4. The highest BCUT2D eigenvalue weighted by Crippen LogP contribution is 2.42. The molecule has 0 aromatic heterocycles. The van der Waals surface area contributed by atoms with Gasteiger partial charge in [0.05, 0.1) is 5.25 Å². The molecule has 3 nitrogen and oxygen atoms in total. The van der Waals surface area contributed by atoms with E-state index in [0.29, 0.717) is 6.04 Å². The Hall–Kier alpha value is -1.00. The fraction of sp³-hybridized carbons (Fsp3) is 0.562. The monoisotopic (exact) mass is 292 g/mol. The molecule has 0 saturated carbocycles. The third-order valence-electron chi connectivity index (χ3n) is 3.51. The van der Waals surface area contributed by atoms with Crippen molar-refractivity contribution >= 4 is 17.7 Å². The molecule has 1 saturated heterocycles. The topological polar surface area (TPSA) is 32.3 Å². The number of rotatable bonds is 5. The first-order valence-electron chi connectivity index (χ1n) is 7.25. The van der Waals surface area contributed by atoms with Gasteiger partial charge < -0.3 is 10.2 Å². The van der Waals surface area contributed by atoms with E-state index in [4.69, 9.17) is 0 Å². The predicted molar refractivity (Wildman–Crippen MR) is 85.8 cm³/mol. The molecule has 0 spiro atoms. The van der Waals surface area contributed by atoms with E-state index in [-0.39, 0.29) is 16.5 Å². The maximum atomic E-state index is 12.3. The lowest BCUT2D eigenvalue weighted by Gasteiger charge is -2.25. The smallest absolute Gasteiger partial charge is 0.236 e. The molecule has 1 aromatic rings. The number of carbonyl (C=O) groups excluding carboxylic acids is 1. The van der Waals surface area contributed by atoms with Gasteiger partial charge >= 0.3 is 0 Å². The van der Waals surface area contributed by atoms with Gasteiger partial charge in [0.25, 0.3) is 0 Å². The van der Waals surface area contributed by atoms with E-state index in [9.17, 15) is 4.79 Å². The molecule has 2 atom stereocenters. The lowest BCUT2D eigenvalue weighted by Crippen LogP contribution is -2.38. The number of amides is 1. The van der Waals surface area contributed by atoms with Gasteiger partial charge in [-0.05, 0) is 19.4 Å². The number of aryl methyl sites for hydroxylation is 1. The zero-order valence-corrected chi connectivity index (χ0v) is 13.5. The van der Waals surface area contributed by atoms with Crippen LogP contribution >= 0.6 is 11.8 Å². The molecule has 0 radical (unpaired) electrons. The van der Waals surface area contributed by atoms with Crippen molar-refractivity contribution in [3.8, 4) is 0 Å². The molecule has 1 amide bonds. The van der Waals surface area contributed by atoms with Crippen LogP contribution in [0.3, 0.4) is 0 Å². The highest BCUT2D eigenvalue weighted by molar-refractivity contribution is 8.01. The van der Waals surface area contributed by atoms with Crippen LogP contribution in [0.5, 0.6) is 0 Å². The van der Waals surface area contributed by atoms with Gasteiger partial charge in [-0.2, -0.15) is 0 Å². The van der Waals surface area contributed by atoms with Crippen LogP contribution in [0.25, 0.3) is 0 Å². The molecule has 2 rings (SSSR count). The summed E-state index contributed by atoms with van der Waals surface area (Å²) in [7, 11) is 0. The summed E-state index contributed by atoms with van der Waals surface area (Å²) < 4.78 is 0. The van der Waals surface area contributed by atoms with Gasteiger partial charge in [0.1, 0.15) is 5.37 Å². The molecule has 1 N–H and O–H groups in total. The predicted octanol–water partition coefficient (Wildman–Crippen LogP) is 2.96. The zero-order chi connectivity index (χ0) is 14.7. The van der Waals surface area contributed by atoms with Crippen molar-refractivity contribution in [2.45, 2.75) is 44.4 Å². The highest BCUT2D eigenvalue weighted by atomic mass is 32.2. The van der Waals surface area contributed by atoms with E-state index < -0.39 is 0 Å². The number of carbonyl (C=O) groups is 1. The third kappa shape index (κ3) is 3.55. The number of hydrogen-bond donors (Lipinski definition) is 1. The molecule has 110 valence electrons. The average molecular weight is 292 g/mol. The van der Waals surface area contributed by atoms with Gasteiger partial charge in [0.2, 0.25) is 5.91 Å². The Bertz CT molecular complexity index is 458. The maximum absolute atomic E-state index is 12.3. The minimum absolute atomic E-state index is 0.0559. The van der Waals surface area contributed by atoms with Crippen molar-refractivity contribution in [1.82, 2.24) is 10.2 Å². The van der Waals surface area contributed by atoms with E-state index >= 15 is 0 Å². The summed E-state index contributed by atoms with van der Waals surface area (Å²) in [6.07, 6.45) is 0. The molecule has 1 heterocycles. The van der Waals surface area contributed by atoms with Crippen molar-refractivity contribution in [3.05, 3.63) is 35.4 Å². The molecule has 4 heteroatoms. The lowest BCUT2D eigenvalue weighted by atomic mass is 10.1. The van der Waals surface area contributed by atoms with Crippen LogP contribution in [0.2, 0.25) is 0 Å². The molecule has 1 aromatic carbocycles. The van der Waals surface area contributed by atoms with E-state index in [0.717, 1.165) is 13.1 Å². The average Bonchev–Trinajstić information content (AvgIpc) is 2.67. The van der Waals surface area contributed by atoms with Crippen molar-refractivity contribution in [3.63, 3.8) is 0 Å². The Kier molecular flexibility index (Phi) is 5.11. The van der Waals surface area contributed by atoms with Crippen molar-refractivity contribution in [2.75, 3.05) is 13.1 Å². The first-order valence-corrected chi connectivity index (χ1v) is 8.19. The number of hydrogen-bond acceptors (Lipinski definition) is 3. The first-order chi connectivity index (χ1) is 9.49. The summed E-state index contributed by atoms with van der Waals surface area (Å²) in [5, 5.41) is 3.60. The molecule has 20 heavy (non-hydrogen) atoms. The van der Waals surface area contributed by atoms with Crippen LogP contribution in [0, 0.1) is 6.92 Å². The highest BCUT2D eigenvalue weighted by Gasteiger charge is 2.37. The number of thioether (sulfide) groups is 1. The molecule has 0 aliphatic carbocycles.